The molecule has 0 aliphatic heterocycles. The minimum Gasteiger partial charge on any atom is -0.326 e. The van der Waals surface area contributed by atoms with Gasteiger partial charge < -0.3 is 4.57 Å². The summed E-state index contributed by atoms with van der Waals surface area (Å²) in [6.45, 7) is 0.576. The van der Waals surface area contributed by atoms with Gasteiger partial charge in [0.2, 0.25) is 10.0 Å². The number of fused-ring (bicyclic) bond motifs is 1. The molecule has 1 N–H and O–H groups in total. The van der Waals surface area contributed by atoms with Crippen LogP contribution < -0.4 is 4.72 Å². The van der Waals surface area contributed by atoms with Gasteiger partial charge >= 0.3 is 0 Å². The van der Waals surface area contributed by atoms with Crippen LogP contribution in [-0.2, 0) is 22.4 Å². The maximum atomic E-state index is 13.5. The van der Waals surface area contributed by atoms with Crippen molar-refractivity contribution in [1.29, 1.82) is 0 Å². The Morgan fingerprint density at radius 2 is 2.20 bits per heavy atom. The van der Waals surface area contributed by atoms with Crippen molar-refractivity contribution < 1.29 is 12.8 Å². The predicted octanol–water partition coefficient (Wildman–Crippen LogP) is 2.23. The lowest BCUT2D eigenvalue weighted by Crippen LogP contribution is -2.26. The second-order valence-electron chi connectivity index (χ2n) is 4.23. The Labute approximate surface area is 129 Å². The van der Waals surface area contributed by atoms with Crippen LogP contribution in [0.2, 0.25) is 0 Å². The molecule has 0 saturated carbocycles. The van der Waals surface area contributed by atoms with Crippen LogP contribution in [0.3, 0.4) is 0 Å². The lowest BCUT2D eigenvalue weighted by Gasteiger charge is -2.08. The molecule has 9 heteroatoms. The third-order valence-electron chi connectivity index (χ3n) is 2.69. The van der Waals surface area contributed by atoms with Crippen LogP contribution >= 0.6 is 27.5 Å². The van der Waals surface area contributed by atoms with E-state index in [4.69, 9.17) is 11.6 Å². The number of imidazole rings is 1. The average molecular weight is 385 g/mol. The highest BCUT2D eigenvalue weighted by atomic mass is 79.9. The number of nitrogens with zero attached hydrogens (tertiary/aromatic N) is 2. The molecule has 0 fully saturated rings. The van der Waals surface area contributed by atoms with Crippen LogP contribution in [0.15, 0.2) is 16.6 Å². The minimum atomic E-state index is -3.25. The van der Waals surface area contributed by atoms with Gasteiger partial charge in [0, 0.05) is 19.2 Å². The molecular weight excluding hydrogens is 373 g/mol. The monoisotopic (exact) mass is 383 g/mol. The molecule has 1 heterocycles. The van der Waals surface area contributed by atoms with E-state index in [0.717, 1.165) is 6.26 Å². The van der Waals surface area contributed by atoms with E-state index < -0.39 is 15.8 Å². The fraction of sp³-hybridized carbons (Fsp3) is 0.364. The van der Waals surface area contributed by atoms with Crippen LogP contribution in [0.5, 0.6) is 0 Å². The van der Waals surface area contributed by atoms with E-state index >= 15 is 0 Å². The summed E-state index contributed by atoms with van der Waals surface area (Å²) in [6.07, 6.45) is 1.09. The van der Waals surface area contributed by atoms with E-state index in [2.05, 4.69) is 25.6 Å². The second kappa shape index (κ2) is 5.97. The number of alkyl halides is 1. The Kier molecular flexibility index (Phi) is 4.68. The fourth-order valence-electron chi connectivity index (χ4n) is 1.86. The summed E-state index contributed by atoms with van der Waals surface area (Å²) >= 11 is 8.95. The molecule has 0 aliphatic rings. The van der Waals surface area contributed by atoms with Gasteiger partial charge in [0.25, 0.3) is 0 Å². The standard InChI is InChI=1S/C11H12BrClFN3O2S/c1-20(18,19)15-2-3-17-10-4-7(12)8(14)5-9(10)16-11(17)6-13/h4-5,15H,2-3,6H2,1H3. The number of aromatic nitrogens is 2. The normalized spacial score (nSPS) is 12.2. The fourth-order valence-corrected chi connectivity index (χ4v) is 2.86. The molecule has 1 aromatic carbocycles. The van der Waals surface area contributed by atoms with Gasteiger partial charge in [-0.25, -0.2) is 22.5 Å². The molecule has 2 rings (SSSR count). The molecule has 20 heavy (non-hydrogen) atoms. The molecule has 0 aliphatic carbocycles. The number of benzene rings is 1. The molecule has 0 atom stereocenters. The molecule has 2 aromatic rings. The van der Waals surface area contributed by atoms with Crippen molar-refractivity contribution in [2.24, 2.45) is 0 Å². The molecule has 0 radical (unpaired) electrons. The molecule has 0 saturated heterocycles. The highest BCUT2D eigenvalue weighted by Crippen LogP contribution is 2.24. The maximum absolute atomic E-state index is 13.5. The number of rotatable bonds is 5. The zero-order valence-electron chi connectivity index (χ0n) is 10.5. The van der Waals surface area contributed by atoms with E-state index in [-0.39, 0.29) is 12.4 Å². The van der Waals surface area contributed by atoms with Gasteiger partial charge in [0.05, 0.1) is 27.6 Å². The zero-order valence-corrected chi connectivity index (χ0v) is 13.7. The van der Waals surface area contributed by atoms with E-state index in [0.29, 0.717) is 27.9 Å². The highest BCUT2D eigenvalue weighted by Gasteiger charge is 2.13. The third kappa shape index (κ3) is 3.49. The summed E-state index contributed by atoms with van der Waals surface area (Å²) in [5.41, 5.74) is 1.19. The van der Waals surface area contributed by atoms with E-state index in [1.54, 1.807) is 10.6 Å². The summed E-state index contributed by atoms with van der Waals surface area (Å²) in [6, 6.07) is 2.92. The smallest absolute Gasteiger partial charge is 0.208 e. The Hall–Kier alpha value is -0.700. The van der Waals surface area contributed by atoms with Gasteiger partial charge in [0.1, 0.15) is 11.6 Å². The highest BCUT2D eigenvalue weighted by molar-refractivity contribution is 9.10. The summed E-state index contributed by atoms with van der Waals surface area (Å²) in [5, 5.41) is 0. The van der Waals surface area contributed by atoms with Gasteiger partial charge in [-0.1, -0.05) is 0 Å². The first-order valence-electron chi connectivity index (χ1n) is 5.66. The van der Waals surface area contributed by atoms with E-state index in [9.17, 15) is 12.8 Å². The van der Waals surface area contributed by atoms with Gasteiger partial charge in [-0.15, -0.1) is 11.6 Å². The summed E-state index contributed by atoms with van der Waals surface area (Å²) in [7, 11) is -3.25. The van der Waals surface area contributed by atoms with Crippen molar-refractivity contribution in [3.05, 3.63) is 28.2 Å². The first-order valence-corrected chi connectivity index (χ1v) is 8.88. The number of hydrogen-bond donors (Lipinski definition) is 1. The van der Waals surface area contributed by atoms with Gasteiger partial charge in [-0.2, -0.15) is 0 Å². The van der Waals surface area contributed by atoms with Crippen LogP contribution in [0.4, 0.5) is 4.39 Å². The van der Waals surface area contributed by atoms with Crippen molar-refractivity contribution in [2.45, 2.75) is 12.4 Å². The zero-order chi connectivity index (χ0) is 14.9. The Bertz CT molecular complexity index is 748. The summed E-state index contributed by atoms with van der Waals surface area (Å²) < 4.78 is 40.1. The van der Waals surface area contributed by atoms with Crippen LogP contribution in [-0.4, -0.2) is 30.8 Å². The maximum Gasteiger partial charge on any atom is 0.208 e. The summed E-state index contributed by atoms with van der Waals surface area (Å²) in [5.74, 6) is 0.319. The van der Waals surface area contributed by atoms with Crippen molar-refractivity contribution >= 4 is 48.6 Å². The number of sulfonamides is 1. The average Bonchev–Trinajstić information content (AvgIpc) is 2.66. The Balaban J connectivity index is 2.37. The minimum absolute atomic E-state index is 0.160. The lowest BCUT2D eigenvalue weighted by atomic mass is 10.3. The van der Waals surface area contributed by atoms with Gasteiger partial charge in [-0.3, -0.25) is 0 Å². The molecule has 0 amide bonds. The summed E-state index contributed by atoms with van der Waals surface area (Å²) in [4.78, 5) is 4.24. The molecule has 5 nitrogen and oxygen atoms in total. The molecule has 110 valence electrons. The third-order valence-corrected chi connectivity index (χ3v) is 4.26. The first kappa shape index (κ1) is 15.7. The van der Waals surface area contributed by atoms with E-state index in [1.165, 1.54) is 6.07 Å². The van der Waals surface area contributed by atoms with Crippen LogP contribution in [0.25, 0.3) is 11.0 Å². The SMILES string of the molecule is CS(=O)(=O)NCCn1c(CCl)nc2cc(F)c(Br)cc21. The second-order valence-corrected chi connectivity index (χ2v) is 7.19. The van der Waals surface area contributed by atoms with Crippen molar-refractivity contribution in [3.8, 4) is 0 Å². The first-order chi connectivity index (χ1) is 9.31. The van der Waals surface area contributed by atoms with E-state index in [1.807, 2.05) is 0 Å². The molecular formula is C11H12BrClFN3O2S. The molecule has 0 spiro atoms. The predicted molar refractivity (Wildman–Crippen MR) is 79.8 cm³/mol. The van der Waals surface area contributed by atoms with Gasteiger partial charge in [-0.05, 0) is 22.0 Å². The van der Waals surface area contributed by atoms with Gasteiger partial charge in [0.15, 0.2) is 0 Å². The molecule has 0 unspecified atom stereocenters. The topological polar surface area (TPSA) is 64.0 Å². The largest absolute Gasteiger partial charge is 0.326 e. The van der Waals surface area contributed by atoms with Crippen LogP contribution in [0.1, 0.15) is 5.82 Å². The van der Waals surface area contributed by atoms with Crippen LogP contribution in [0, 0.1) is 5.82 Å². The number of nitrogens with one attached hydrogen (secondary N) is 1. The quantitative estimate of drug-likeness (QED) is 0.804. The lowest BCUT2D eigenvalue weighted by molar-refractivity contribution is 0.578. The van der Waals surface area contributed by atoms with Crippen molar-refractivity contribution in [2.75, 3.05) is 12.8 Å². The Morgan fingerprint density at radius 3 is 2.80 bits per heavy atom. The van der Waals surface area contributed by atoms with Crippen molar-refractivity contribution in [3.63, 3.8) is 0 Å². The number of halogens is 3. The Morgan fingerprint density at radius 1 is 1.50 bits per heavy atom. The number of hydrogen-bond acceptors (Lipinski definition) is 3. The molecule has 1 aromatic heterocycles. The molecule has 0 bridgehead atoms. The van der Waals surface area contributed by atoms with Crippen molar-refractivity contribution in [1.82, 2.24) is 14.3 Å².